The van der Waals surface area contributed by atoms with E-state index in [1.165, 1.54) is 6.92 Å². The number of alkyl carbamates (subject to hydrolysis) is 1. The molecule has 6 heteroatoms. The van der Waals surface area contributed by atoms with Crippen molar-refractivity contribution >= 4 is 12.1 Å². The van der Waals surface area contributed by atoms with Crippen molar-refractivity contribution in [3.63, 3.8) is 0 Å². The molecule has 0 fully saturated rings. The summed E-state index contributed by atoms with van der Waals surface area (Å²) in [5, 5.41) is 11.2. The number of aliphatic carboxylic acids is 1. The third-order valence-electron chi connectivity index (χ3n) is 4.25. The second kappa shape index (κ2) is 6.57. The maximum Gasteiger partial charge on any atom is 0.408 e. The molecule has 1 amide bonds. The number of carbonyl (C=O) groups is 2. The molecule has 0 heterocycles. The van der Waals surface area contributed by atoms with Crippen LogP contribution in [0, 0.1) is 0 Å². The number of carboxylic acids is 1. The Balaban J connectivity index is 1.71. The van der Waals surface area contributed by atoms with E-state index in [1.54, 1.807) is 0 Å². The summed E-state index contributed by atoms with van der Waals surface area (Å²) < 4.78 is 5.33. The third-order valence-corrected chi connectivity index (χ3v) is 4.25. The summed E-state index contributed by atoms with van der Waals surface area (Å²) in [7, 11) is 0. The largest absolute Gasteiger partial charge is 0.481 e. The topological polar surface area (TPSA) is 102 Å². The van der Waals surface area contributed by atoms with Gasteiger partial charge in [0.2, 0.25) is 0 Å². The maximum atomic E-state index is 12.0. The number of nitrogens with one attached hydrogen (secondary N) is 1. The number of hydrogen-bond donors (Lipinski definition) is 3. The number of nitrogens with two attached hydrogens (primary N) is 1. The molecule has 3 rings (SSSR count). The number of rotatable bonds is 5. The highest BCUT2D eigenvalue weighted by molar-refractivity contribution is 5.79. The van der Waals surface area contributed by atoms with E-state index >= 15 is 0 Å². The van der Waals surface area contributed by atoms with E-state index in [9.17, 15) is 9.59 Å². The summed E-state index contributed by atoms with van der Waals surface area (Å²) >= 11 is 0. The molecule has 1 aliphatic rings. The molecule has 1 aliphatic carbocycles. The van der Waals surface area contributed by atoms with E-state index in [0.29, 0.717) is 0 Å². The van der Waals surface area contributed by atoms with Gasteiger partial charge in [-0.2, -0.15) is 0 Å². The zero-order valence-corrected chi connectivity index (χ0v) is 13.9. The molecule has 25 heavy (non-hydrogen) atoms. The monoisotopic (exact) mass is 340 g/mol. The van der Waals surface area contributed by atoms with Gasteiger partial charge in [0.15, 0.2) is 0 Å². The Morgan fingerprint density at radius 3 is 2.16 bits per heavy atom. The van der Waals surface area contributed by atoms with E-state index in [4.69, 9.17) is 15.6 Å². The number of carboxylic acid groups (broad SMARTS) is 1. The number of fused-ring (bicyclic) bond motifs is 3. The fraction of sp³-hybridized carbons (Fsp3) is 0.263. The van der Waals surface area contributed by atoms with E-state index in [0.717, 1.165) is 22.3 Å². The number of benzene rings is 2. The van der Waals surface area contributed by atoms with Crippen molar-refractivity contribution in [2.75, 3.05) is 6.61 Å². The highest BCUT2D eigenvalue weighted by atomic mass is 16.5. The van der Waals surface area contributed by atoms with Crippen molar-refractivity contribution in [1.29, 1.82) is 0 Å². The highest BCUT2D eigenvalue weighted by Crippen LogP contribution is 2.44. The molecule has 130 valence electrons. The van der Waals surface area contributed by atoms with Crippen LogP contribution in [0.15, 0.2) is 48.5 Å². The summed E-state index contributed by atoms with van der Waals surface area (Å²) in [6.45, 7) is 1.59. The van der Waals surface area contributed by atoms with Crippen LogP contribution in [0.4, 0.5) is 4.79 Å². The predicted molar refractivity (Wildman–Crippen MR) is 93.0 cm³/mol. The molecule has 0 aliphatic heterocycles. The second-order valence-corrected chi connectivity index (χ2v) is 6.44. The lowest BCUT2D eigenvalue weighted by molar-refractivity contribution is -0.138. The van der Waals surface area contributed by atoms with Crippen LogP contribution in [0.2, 0.25) is 0 Å². The van der Waals surface area contributed by atoms with Crippen LogP contribution >= 0.6 is 0 Å². The van der Waals surface area contributed by atoms with Crippen LogP contribution in [0.3, 0.4) is 0 Å². The lowest BCUT2D eigenvalue weighted by Gasteiger charge is -2.24. The first-order chi connectivity index (χ1) is 11.9. The molecule has 0 unspecified atom stereocenters. The molecular weight excluding hydrogens is 320 g/mol. The average Bonchev–Trinajstić information content (AvgIpc) is 2.85. The Kier molecular flexibility index (Phi) is 4.46. The molecule has 2 aromatic rings. The minimum Gasteiger partial charge on any atom is -0.481 e. The van der Waals surface area contributed by atoms with Crippen LogP contribution < -0.4 is 11.1 Å². The molecule has 0 spiro atoms. The summed E-state index contributed by atoms with van der Waals surface area (Å²) in [5.41, 5.74) is 8.89. The lowest BCUT2D eigenvalue weighted by Crippen LogP contribution is -2.54. The number of ether oxygens (including phenoxy) is 1. The molecule has 0 aromatic heterocycles. The Labute approximate surface area is 145 Å². The quantitative estimate of drug-likeness (QED) is 0.726. The van der Waals surface area contributed by atoms with E-state index in [1.807, 2.05) is 36.4 Å². The highest BCUT2D eigenvalue weighted by Gasteiger charge is 2.30. The standard InChI is InChI=1S/C19H20N2O4/c1-19(20,10-17(22)23)21-18(24)25-11-16-14-8-4-2-6-12(14)13-7-3-5-9-15(13)16/h2-9,16H,10-11,20H2,1H3,(H,21,24)(H,22,23)/t19-/m1/s1. The number of hydrogen-bond acceptors (Lipinski definition) is 4. The first-order valence-corrected chi connectivity index (χ1v) is 8.01. The Morgan fingerprint density at radius 1 is 1.12 bits per heavy atom. The van der Waals surface area contributed by atoms with Gasteiger partial charge in [-0.05, 0) is 29.2 Å². The predicted octanol–water partition coefficient (Wildman–Crippen LogP) is 2.67. The summed E-state index contributed by atoms with van der Waals surface area (Å²) in [6, 6.07) is 16.0. The molecule has 4 N–H and O–H groups in total. The normalized spacial score (nSPS) is 15.0. The number of carbonyl (C=O) groups excluding carboxylic acids is 1. The fourth-order valence-electron chi connectivity index (χ4n) is 3.23. The Bertz CT molecular complexity index is 771. The van der Waals surface area contributed by atoms with Crippen molar-refractivity contribution in [3.05, 3.63) is 59.7 Å². The molecule has 6 nitrogen and oxygen atoms in total. The minimum absolute atomic E-state index is 0.0540. The third kappa shape index (κ3) is 3.64. The van der Waals surface area contributed by atoms with E-state index in [-0.39, 0.29) is 12.5 Å². The SMILES string of the molecule is C[C@](N)(CC(=O)O)NC(=O)OCC1c2ccccc2-c2ccccc21. The van der Waals surface area contributed by atoms with E-state index < -0.39 is 24.1 Å². The van der Waals surface area contributed by atoms with Crippen LogP contribution in [0.1, 0.15) is 30.4 Å². The van der Waals surface area contributed by atoms with Crippen molar-refractivity contribution in [3.8, 4) is 11.1 Å². The van der Waals surface area contributed by atoms with Crippen molar-refractivity contribution in [2.45, 2.75) is 24.9 Å². The van der Waals surface area contributed by atoms with Crippen LogP contribution in [-0.4, -0.2) is 29.4 Å². The van der Waals surface area contributed by atoms with Crippen LogP contribution in [0.25, 0.3) is 11.1 Å². The zero-order chi connectivity index (χ0) is 18.0. The van der Waals surface area contributed by atoms with Crippen molar-refractivity contribution in [2.24, 2.45) is 5.73 Å². The zero-order valence-electron chi connectivity index (χ0n) is 13.9. The van der Waals surface area contributed by atoms with Crippen molar-refractivity contribution in [1.82, 2.24) is 5.32 Å². The lowest BCUT2D eigenvalue weighted by atomic mass is 9.98. The molecular formula is C19H20N2O4. The molecule has 0 radical (unpaired) electrons. The first-order valence-electron chi connectivity index (χ1n) is 8.01. The minimum atomic E-state index is -1.37. The Morgan fingerprint density at radius 2 is 1.64 bits per heavy atom. The van der Waals surface area contributed by atoms with Gasteiger partial charge in [-0.15, -0.1) is 0 Å². The summed E-state index contributed by atoms with van der Waals surface area (Å²) in [5.74, 6) is -1.15. The second-order valence-electron chi connectivity index (χ2n) is 6.44. The van der Waals surface area contributed by atoms with Gasteiger partial charge >= 0.3 is 12.1 Å². The smallest absolute Gasteiger partial charge is 0.408 e. The molecule has 0 bridgehead atoms. The van der Waals surface area contributed by atoms with Gasteiger partial charge < -0.3 is 20.9 Å². The van der Waals surface area contributed by atoms with Gasteiger partial charge in [-0.25, -0.2) is 4.79 Å². The van der Waals surface area contributed by atoms with Gasteiger partial charge in [-0.1, -0.05) is 48.5 Å². The van der Waals surface area contributed by atoms with Crippen LogP contribution in [-0.2, 0) is 9.53 Å². The molecule has 1 atom stereocenters. The first kappa shape index (κ1) is 17.0. The van der Waals surface area contributed by atoms with Gasteiger partial charge in [0, 0.05) is 5.92 Å². The van der Waals surface area contributed by atoms with Gasteiger partial charge in [0.25, 0.3) is 0 Å². The van der Waals surface area contributed by atoms with Gasteiger partial charge in [0.1, 0.15) is 6.61 Å². The molecule has 0 saturated carbocycles. The molecule has 0 saturated heterocycles. The average molecular weight is 340 g/mol. The van der Waals surface area contributed by atoms with Gasteiger partial charge in [0.05, 0.1) is 12.1 Å². The molecule has 2 aromatic carbocycles. The summed E-state index contributed by atoms with van der Waals surface area (Å²) in [6.07, 6.45) is -1.12. The van der Waals surface area contributed by atoms with Gasteiger partial charge in [-0.3, -0.25) is 4.79 Å². The van der Waals surface area contributed by atoms with Crippen LogP contribution in [0.5, 0.6) is 0 Å². The van der Waals surface area contributed by atoms with Crippen molar-refractivity contribution < 1.29 is 19.4 Å². The summed E-state index contributed by atoms with van der Waals surface area (Å²) in [4.78, 5) is 22.8. The van der Waals surface area contributed by atoms with E-state index in [2.05, 4.69) is 17.4 Å². The number of amides is 1. The maximum absolute atomic E-state index is 12.0. The Hall–Kier alpha value is -2.86. The fourth-order valence-corrected chi connectivity index (χ4v) is 3.23.